The molecular formula is C20H14N2O. The Morgan fingerprint density at radius 2 is 1.57 bits per heavy atom. The lowest BCUT2D eigenvalue weighted by Gasteiger charge is -2.10. The maximum Gasteiger partial charge on any atom is 0.146 e. The van der Waals surface area contributed by atoms with Gasteiger partial charge in [0.15, 0.2) is 0 Å². The zero-order valence-corrected chi connectivity index (χ0v) is 12.7. The van der Waals surface area contributed by atoms with Crippen molar-refractivity contribution in [2.45, 2.75) is 0 Å². The minimum atomic E-state index is 0.854. The van der Waals surface area contributed by atoms with Crippen LogP contribution in [0.4, 0.5) is 0 Å². The standard InChI is InChI=1S/C20H14N2O/c1-23-13-10-11-15-14-6-2-3-7-16(14)20-21-17-8-4-5-9-18(17)22(20)19(15)12-13/h2-12H,1H3. The molecule has 0 spiro atoms. The first-order valence-electron chi connectivity index (χ1n) is 7.62. The number of methoxy groups -OCH3 is 1. The van der Waals surface area contributed by atoms with Gasteiger partial charge in [-0.25, -0.2) is 4.98 Å². The number of fused-ring (bicyclic) bond motifs is 8. The molecule has 0 aliphatic carbocycles. The SMILES string of the molecule is COc1ccc2c3ccccc3c3nc4ccccc4n3c2c1. The average molecular weight is 298 g/mol. The number of pyridine rings is 1. The molecule has 0 radical (unpaired) electrons. The van der Waals surface area contributed by atoms with E-state index in [2.05, 4.69) is 59.0 Å². The maximum absolute atomic E-state index is 5.44. The van der Waals surface area contributed by atoms with Gasteiger partial charge in [0.2, 0.25) is 0 Å². The number of nitrogens with zero attached hydrogens (tertiary/aromatic N) is 2. The van der Waals surface area contributed by atoms with Gasteiger partial charge in [0.05, 0.1) is 23.7 Å². The van der Waals surface area contributed by atoms with Crippen LogP contribution in [0, 0.1) is 0 Å². The molecule has 2 aromatic heterocycles. The molecule has 0 bridgehead atoms. The Morgan fingerprint density at radius 3 is 2.43 bits per heavy atom. The monoisotopic (exact) mass is 298 g/mol. The molecule has 3 aromatic carbocycles. The van der Waals surface area contributed by atoms with E-state index in [0.29, 0.717) is 0 Å². The molecular weight excluding hydrogens is 284 g/mol. The molecule has 2 heterocycles. The fourth-order valence-corrected chi connectivity index (χ4v) is 3.41. The third kappa shape index (κ3) is 1.62. The molecule has 0 atom stereocenters. The van der Waals surface area contributed by atoms with Crippen LogP contribution in [0.5, 0.6) is 5.75 Å². The van der Waals surface area contributed by atoms with Gasteiger partial charge in [-0.2, -0.15) is 0 Å². The molecule has 0 saturated heterocycles. The van der Waals surface area contributed by atoms with Gasteiger partial charge in [-0.1, -0.05) is 36.4 Å². The average Bonchev–Trinajstić information content (AvgIpc) is 3.01. The number of rotatable bonds is 1. The molecule has 0 saturated carbocycles. The summed E-state index contributed by atoms with van der Waals surface area (Å²) in [7, 11) is 1.70. The van der Waals surface area contributed by atoms with Crippen LogP contribution in [0.3, 0.4) is 0 Å². The van der Waals surface area contributed by atoms with Crippen molar-refractivity contribution in [1.29, 1.82) is 0 Å². The summed E-state index contributed by atoms with van der Waals surface area (Å²) >= 11 is 0. The smallest absolute Gasteiger partial charge is 0.146 e. The fourth-order valence-electron chi connectivity index (χ4n) is 3.41. The van der Waals surface area contributed by atoms with Gasteiger partial charge in [0, 0.05) is 16.8 Å². The highest BCUT2D eigenvalue weighted by Gasteiger charge is 2.13. The first-order valence-corrected chi connectivity index (χ1v) is 7.62. The Kier molecular flexibility index (Phi) is 2.42. The van der Waals surface area contributed by atoms with Crippen molar-refractivity contribution in [2.24, 2.45) is 0 Å². The third-order valence-electron chi connectivity index (χ3n) is 4.46. The number of hydrogen-bond donors (Lipinski definition) is 0. The van der Waals surface area contributed by atoms with Gasteiger partial charge in [0.1, 0.15) is 11.4 Å². The Labute approximate surface area is 132 Å². The Balaban J connectivity index is 2.17. The highest BCUT2D eigenvalue weighted by atomic mass is 16.5. The van der Waals surface area contributed by atoms with Gasteiger partial charge >= 0.3 is 0 Å². The molecule has 3 heteroatoms. The van der Waals surface area contributed by atoms with Crippen LogP contribution in [0.25, 0.3) is 38.4 Å². The Morgan fingerprint density at radius 1 is 0.783 bits per heavy atom. The lowest BCUT2D eigenvalue weighted by Crippen LogP contribution is -1.92. The number of imidazole rings is 1. The summed E-state index contributed by atoms with van der Waals surface area (Å²) in [4.78, 5) is 4.87. The second-order valence-electron chi connectivity index (χ2n) is 5.69. The van der Waals surface area contributed by atoms with E-state index in [-0.39, 0.29) is 0 Å². The van der Waals surface area contributed by atoms with Crippen LogP contribution in [0.2, 0.25) is 0 Å². The van der Waals surface area contributed by atoms with Crippen molar-refractivity contribution in [3.8, 4) is 5.75 Å². The van der Waals surface area contributed by atoms with Gasteiger partial charge < -0.3 is 4.74 Å². The van der Waals surface area contributed by atoms with Crippen molar-refractivity contribution in [1.82, 2.24) is 9.38 Å². The molecule has 110 valence electrons. The number of hydrogen-bond acceptors (Lipinski definition) is 2. The highest BCUT2D eigenvalue weighted by Crippen LogP contribution is 2.33. The summed E-state index contributed by atoms with van der Waals surface area (Å²) in [5, 5.41) is 3.59. The number of aromatic nitrogens is 2. The predicted octanol–water partition coefficient (Wildman–Crippen LogP) is 4.80. The van der Waals surface area contributed by atoms with Crippen LogP contribution in [-0.4, -0.2) is 16.5 Å². The van der Waals surface area contributed by atoms with Crippen molar-refractivity contribution < 1.29 is 4.74 Å². The van der Waals surface area contributed by atoms with Crippen molar-refractivity contribution in [3.63, 3.8) is 0 Å². The van der Waals surface area contributed by atoms with Gasteiger partial charge in [-0.15, -0.1) is 0 Å². The van der Waals surface area contributed by atoms with E-state index in [1.807, 2.05) is 12.1 Å². The third-order valence-corrected chi connectivity index (χ3v) is 4.46. The van der Waals surface area contributed by atoms with Gasteiger partial charge in [-0.3, -0.25) is 4.40 Å². The minimum absolute atomic E-state index is 0.854. The second-order valence-corrected chi connectivity index (χ2v) is 5.69. The quantitative estimate of drug-likeness (QED) is 0.415. The van der Waals surface area contributed by atoms with E-state index in [4.69, 9.17) is 9.72 Å². The van der Waals surface area contributed by atoms with E-state index in [1.165, 1.54) is 16.2 Å². The highest BCUT2D eigenvalue weighted by molar-refractivity contribution is 6.13. The normalized spacial score (nSPS) is 11.7. The molecule has 0 fully saturated rings. The minimum Gasteiger partial charge on any atom is -0.497 e. The van der Waals surface area contributed by atoms with Crippen molar-refractivity contribution in [3.05, 3.63) is 66.7 Å². The largest absolute Gasteiger partial charge is 0.497 e. The number of para-hydroxylation sites is 2. The summed E-state index contributed by atoms with van der Waals surface area (Å²) < 4.78 is 7.67. The fraction of sp³-hybridized carbons (Fsp3) is 0.0500. The number of ether oxygens (including phenoxy) is 1. The predicted molar refractivity (Wildman–Crippen MR) is 94.3 cm³/mol. The van der Waals surface area contributed by atoms with Crippen molar-refractivity contribution in [2.75, 3.05) is 7.11 Å². The van der Waals surface area contributed by atoms with E-state index in [1.54, 1.807) is 7.11 Å². The molecule has 3 nitrogen and oxygen atoms in total. The first-order chi connectivity index (χ1) is 11.4. The Bertz CT molecular complexity index is 1200. The summed E-state index contributed by atoms with van der Waals surface area (Å²) in [5.41, 5.74) is 4.23. The molecule has 0 unspecified atom stereocenters. The zero-order chi connectivity index (χ0) is 15.4. The molecule has 0 amide bonds. The molecule has 0 aliphatic heterocycles. The second kappa shape index (κ2) is 4.46. The summed E-state index contributed by atoms with van der Waals surface area (Å²) in [6.07, 6.45) is 0. The van der Waals surface area contributed by atoms with E-state index >= 15 is 0 Å². The van der Waals surface area contributed by atoms with Crippen LogP contribution < -0.4 is 4.74 Å². The van der Waals surface area contributed by atoms with E-state index < -0.39 is 0 Å². The zero-order valence-electron chi connectivity index (χ0n) is 12.7. The van der Waals surface area contributed by atoms with E-state index in [9.17, 15) is 0 Å². The number of benzene rings is 3. The van der Waals surface area contributed by atoms with Crippen molar-refractivity contribution >= 4 is 38.4 Å². The topological polar surface area (TPSA) is 26.5 Å². The molecule has 0 aliphatic rings. The molecule has 23 heavy (non-hydrogen) atoms. The molecule has 0 N–H and O–H groups in total. The summed E-state index contributed by atoms with van der Waals surface area (Å²) in [6, 6.07) is 22.9. The molecule has 5 aromatic rings. The first kappa shape index (κ1) is 12.5. The van der Waals surface area contributed by atoms with Crippen LogP contribution >= 0.6 is 0 Å². The Hall–Kier alpha value is -3.07. The van der Waals surface area contributed by atoms with Gasteiger partial charge in [0.25, 0.3) is 0 Å². The van der Waals surface area contributed by atoms with Crippen LogP contribution in [0.1, 0.15) is 0 Å². The molecule has 5 rings (SSSR count). The van der Waals surface area contributed by atoms with Gasteiger partial charge in [-0.05, 0) is 29.7 Å². The lowest BCUT2D eigenvalue weighted by molar-refractivity contribution is 0.415. The summed E-state index contributed by atoms with van der Waals surface area (Å²) in [6.45, 7) is 0. The van der Waals surface area contributed by atoms with E-state index in [0.717, 1.165) is 27.9 Å². The maximum atomic E-state index is 5.44. The van der Waals surface area contributed by atoms with Crippen LogP contribution in [-0.2, 0) is 0 Å². The van der Waals surface area contributed by atoms with Crippen LogP contribution in [0.15, 0.2) is 66.7 Å². The summed E-state index contributed by atoms with van der Waals surface area (Å²) in [5.74, 6) is 0.854. The lowest BCUT2D eigenvalue weighted by atomic mass is 10.1.